The molecule has 1 aliphatic rings. The van der Waals surface area contributed by atoms with Gasteiger partial charge in [0.05, 0.1) is 42.1 Å². The van der Waals surface area contributed by atoms with Gasteiger partial charge in [-0.05, 0) is 61.4 Å². The highest BCUT2D eigenvalue weighted by atomic mass is 19.1. The van der Waals surface area contributed by atoms with Crippen molar-refractivity contribution in [1.82, 2.24) is 39.2 Å². The van der Waals surface area contributed by atoms with Crippen LogP contribution in [0.2, 0.25) is 0 Å². The summed E-state index contributed by atoms with van der Waals surface area (Å²) in [7, 11) is 0. The van der Waals surface area contributed by atoms with E-state index in [0.29, 0.717) is 48.2 Å². The molecule has 0 bridgehead atoms. The highest BCUT2D eigenvalue weighted by molar-refractivity contribution is 5.94. The van der Waals surface area contributed by atoms with Crippen LogP contribution in [-0.2, 0) is 6.54 Å². The number of likely N-dealkylation sites (tertiary alicyclic amines) is 1. The molecule has 4 heterocycles. The summed E-state index contributed by atoms with van der Waals surface area (Å²) in [5.74, 6) is -0.492. The molecule has 1 saturated heterocycles. The van der Waals surface area contributed by atoms with Gasteiger partial charge < -0.3 is 10.0 Å². The topological polar surface area (TPSA) is 124 Å². The molecule has 3 aromatic heterocycles. The van der Waals surface area contributed by atoms with Crippen LogP contribution in [0.25, 0.3) is 22.4 Å². The lowest BCUT2D eigenvalue weighted by atomic mass is 9.91. The van der Waals surface area contributed by atoms with Gasteiger partial charge in [0.2, 0.25) is 0 Å². The first-order chi connectivity index (χ1) is 18.4. The summed E-state index contributed by atoms with van der Waals surface area (Å²) in [6.07, 6.45) is 6.74. The highest BCUT2D eigenvalue weighted by Crippen LogP contribution is 2.25. The highest BCUT2D eigenvalue weighted by Gasteiger charge is 2.35. The zero-order valence-electron chi connectivity index (χ0n) is 20.2. The van der Waals surface area contributed by atoms with Gasteiger partial charge in [-0.25, -0.2) is 18.7 Å². The molecule has 0 saturated carbocycles. The number of fused-ring (bicyclic) bond motifs is 1. The average molecular weight is 515 g/mol. The van der Waals surface area contributed by atoms with Crippen molar-refractivity contribution in [2.24, 2.45) is 0 Å². The second-order valence-corrected chi connectivity index (χ2v) is 9.36. The molecular weight excluding hydrogens is 491 g/mol. The van der Waals surface area contributed by atoms with Crippen molar-refractivity contribution in [1.29, 1.82) is 0 Å². The Hall–Kier alpha value is -4.71. The number of hydrogen-bond donors (Lipinski definition) is 1. The summed E-state index contributed by atoms with van der Waals surface area (Å²) in [6.45, 7) is 0.755. The van der Waals surface area contributed by atoms with Gasteiger partial charge in [-0.1, -0.05) is 5.21 Å². The number of aliphatic hydroxyl groups is 1. The average Bonchev–Trinajstić information content (AvgIpc) is 3.62. The Labute approximate surface area is 215 Å². The van der Waals surface area contributed by atoms with E-state index in [4.69, 9.17) is 0 Å². The van der Waals surface area contributed by atoms with Crippen LogP contribution in [0, 0.1) is 5.82 Å². The normalized spacial score (nSPS) is 15.2. The molecule has 0 spiro atoms. The summed E-state index contributed by atoms with van der Waals surface area (Å²) in [5.41, 5.74) is 0.770. The molecular formula is C26H23FN8O3. The Kier molecular flexibility index (Phi) is 5.80. The van der Waals surface area contributed by atoms with Crippen molar-refractivity contribution in [3.63, 3.8) is 0 Å². The Morgan fingerprint density at radius 1 is 1.03 bits per heavy atom. The number of hydrogen-bond acceptors (Lipinski definition) is 7. The quantitative estimate of drug-likeness (QED) is 0.380. The zero-order chi connectivity index (χ0) is 26.3. The van der Waals surface area contributed by atoms with Crippen LogP contribution in [0.3, 0.4) is 0 Å². The lowest BCUT2D eigenvalue weighted by molar-refractivity contribution is -0.0299. The van der Waals surface area contributed by atoms with E-state index in [2.05, 4.69) is 20.4 Å². The number of halogens is 1. The van der Waals surface area contributed by atoms with Crippen molar-refractivity contribution in [2.75, 3.05) is 13.1 Å². The summed E-state index contributed by atoms with van der Waals surface area (Å²) in [6, 6.07) is 12.8. The molecule has 1 N–H and O–H groups in total. The predicted octanol–water partition coefficient (Wildman–Crippen LogP) is 1.97. The third-order valence-electron chi connectivity index (χ3n) is 6.87. The second kappa shape index (κ2) is 9.30. The number of amides is 1. The summed E-state index contributed by atoms with van der Waals surface area (Å²) in [5, 5.41) is 23.5. The standard InChI is InChI=1S/C26H23FN8O3/c27-19-3-7-21(8-4-19)35-23-22(15-30-35)25(37)33(17-28-23)16-26(38)9-12-32(13-10-26)24(36)18-1-5-20(6-2-18)34-14-11-29-31-34/h1-8,11,14-15,17,38H,9-10,12-13,16H2. The van der Waals surface area contributed by atoms with Gasteiger partial charge in [0.1, 0.15) is 17.5 Å². The van der Waals surface area contributed by atoms with Gasteiger partial charge in [-0.3, -0.25) is 14.2 Å². The van der Waals surface area contributed by atoms with E-state index in [1.807, 2.05) is 0 Å². The van der Waals surface area contributed by atoms with E-state index >= 15 is 0 Å². The van der Waals surface area contributed by atoms with Crippen LogP contribution < -0.4 is 5.56 Å². The smallest absolute Gasteiger partial charge is 0.264 e. The van der Waals surface area contributed by atoms with Gasteiger partial charge in [0.25, 0.3) is 11.5 Å². The van der Waals surface area contributed by atoms with E-state index in [1.54, 1.807) is 58.4 Å². The molecule has 38 heavy (non-hydrogen) atoms. The van der Waals surface area contributed by atoms with Crippen molar-refractivity contribution in [3.8, 4) is 11.4 Å². The van der Waals surface area contributed by atoms with Gasteiger partial charge in [0, 0.05) is 18.7 Å². The maximum atomic E-state index is 13.3. The molecule has 12 heteroatoms. The number of aromatic nitrogens is 7. The zero-order valence-corrected chi connectivity index (χ0v) is 20.2. The molecule has 0 unspecified atom stereocenters. The first-order valence-electron chi connectivity index (χ1n) is 12.1. The molecule has 6 rings (SSSR count). The van der Waals surface area contributed by atoms with Crippen molar-refractivity contribution >= 4 is 16.9 Å². The molecule has 0 atom stereocenters. The fourth-order valence-electron chi connectivity index (χ4n) is 4.72. The minimum Gasteiger partial charge on any atom is -0.388 e. The Morgan fingerprint density at radius 3 is 2.42 bits per heavy atom. The Balaban J connectivity index is 1.14. The number of benzene rings is 2. The van der Waals surface area contributed by atoms with E-state index in [9.17, 15) is 19.1 Å². The fraction of sp³-hybridized carbons (Fsp3) is 0.231. The Morgan fingerprint density at radius 2 is 1.74 bits per heavy atom. The van der Waals surface area contributed by atoms with Crippen LogP contribution in [0.1, 0.15) is 23.2 Å². The molecule has 0 aliphatic carbocycles. The molecule has 11 nitrogen and oxygen atoms in total. The first kappa shape index (κ1) is 23.7. The van der Waals surface area contributed by atoms with Gasteiger partial charge in [-0.15, -0.1) is 5.10 Å². The van der Waals surface area contributed by atoms with Crippen LogP contribution in [0.15, 0.2) is 78.2 Å². The number of nitrogens with zero attached hydrogens (tertiary/aromatic N) is 8. The molecule has 1 aliphatic heterocycles. The monoisotopic (exact) mass is 514 g/mol. The van der Waals surface area contributed by atoms with Crippen molar-refractivity contribution < 1.29 is 14.3 Å². The molecule has 0 radical (unpaired) electrons. The first-order valence-corrected chi connectivity index (χ1v) is 12.1. The number of rotatable bonds is 5. The SMILES string of the molecule is O=C(c1ccc(-n2ccnn2)cc1)N1CCC(O)(Cn2cnc3c(cnn3-c3ccc(F)cc3)c2=O)CC1. The van der Waals surface area contributed by atoms with Gasteiger partial charge in [0.15, 0.2) is 5.65 Å². The van der Waals surface area contributed by atoms with E-state index < -0.39 is 5.60 Å². The summed E-state index contributed by atoms with van der Waals surface area (Å²) >= 11 is 0. The van der Waals surface area contributed by atoms with E-state index in [1.165, 1.54) is 33.9 Å². The van der Waals surface area contributed by atoms with E-state index in [0.717, 1.165) is 5.69 Å². The van der Waals surface area contributed by atoms with E-state index in [-0.39, 0.29) is 23.8 Å². The summed E-state index contributed by atoms with van der Waals surface area (Å²) < 4.78 is 17.7. The minimum absolute atomic E-state index is 0.0468. The fourth-order valence-corrected chi connectivity index (χ4v) is 4.72. The molecule has 1 amide bonds. The number of carbonyl (C=O) groups is 1. The molecule has 2 aromatic carbocycles. The van der Waals surface area contributed by atoms with Gasteiger partial charge >= 0.3 is 0 Å². The largest absolute Gasteiger partial charge is 0.388 e. The van der Waals surface area contributed by atoms with Crippen molar-refractivity contribution in [3.05, 3.63) is 95.2 Å². The minimum atomic E-state index is -1.17. The van der Waals surface area contributed by atoms with Crippen molar-refractivity contribution in [2.45, 2.75) is 25.0 Å². The van der Waals surface area contributed by atoms with Gasteiger partial charge in [-0.2, -0.15) is 5.10 Å². The third kappa shape index (κ3) is 4.34. The lowest BCUT2D eigenvalue weighted by Gasteiger charge is -2.38. The third-order valence-corrected chi connectivity index (χ3v) is 6.87. The second-order valence-electron chi connectivity index (χ2n) is 9.36. The molecule has 192 valence electrons. The number of carbonyl (C=O) groups excluding carboxylic acids is 1. The summed E-state index contributed by atoms with van der Waals surface area (Å²) in [4.78, 5) is 32.3. The molecule has 5 aromatic rings. The van der Waals surface area contributed by atoms with Crippen LogP contribution in [-0.4, -0.2) is 68.9 Å². The Bertz CT molecular complexity index is 1650. The lowest BCUT2D eigenvalue weighted by Crippen LogP contribution is -2.49. The maximum absolute atomic E-state index is 13.3. The predicted molar refractivity (Wildman–Crippen MR) is 135 cm³/mol. The van der Waals surface area contributed by atoms with Crippen LogP contribution in [0.4, 0.5) is 4.39 Å². The molecule has 1 fully saturated rings. The maximum Gasteiger partial charge on any atom is 0.264 e. The van der Waals surface area contributed by atoms with Crippen LogP contribution in [0.5, 0.6) is 0 Å². The number of piperidine rings is 1. The van der Waals surface area contributed by atoms with Crippen LogP contribution >= 0.6 is 0 Å².